The van der Waals surface area contributed by atoms with Gasteiger partial charge in [-0.2, -0.15) is 0 Å². The number of carbonyl (C=O) groups excluding carboxylic acids is 1. The molecule has 0 radical (unpaired) electrons. The Hall–Kier alpha value is -1.77. The lowest BCUT2D eigenvalue weighted by Gasteiger charge is -2.18. The zero-order chi connectivity index (χ0) is 11.1. The van der Waals surface area contributed by atoms with Crippen molar-refractivity contribution in [1.29, 1.82) is 0 Å². The third-order valence-corrected chi connectivity index (χ3v) is 3.26. The summed E-state index contributed by atoms with van der Waals surface area (Å²) >= 11 is 0. The number of hydrogen-bond donors (Lipinski definition) is 1. The zero-order valence-electron chi connectivity index (χ0n) is 8.67. The van der Waals surface area contributed by atoms with Gasteiger partial charge in [-0.15, -0.1) is 0 Å². The molecule has 1 aromatic rings. The first kappa shape index (κ1) is 9.46. The molecule has 1 fully saturated rings. The van der Waals surface area contributed by atoms with Crippen molar-refractivity contribution in [3.63, 3.8) is 0 Å². The molecule has 3 nitrogen and oxygen atoms in total. The lowest BCUT2D eigenvalue weighted by Crippen LogP contribution is -2.23. The molecule has 1 saturated carbocycles. The van der Waals surface area contributed by atoms with Crippen LogP contribution in [0.2, 0.25) is 0 Å². The van der Waals surface area contributed by atoms with E-state index in [-0.39, 0.29) is 29.5 Å². The second kappa shape index (κ2) is 3.37. The highest BCUT2D eigenvalue weighted by molar-refractivity contribution is 5.92. The van der Waals surface area contributed by atoms with Gasteiger partial charge < -0.3 is 9.84 Å². The maximum absolute atomic E-state index is 11.6. The number of phenolic OH excluding ortho intramolecular Hbond substituents is 1. The molecule has 2 aliphatic carbocycles. The summed E-state index contributed by atoms with van der Waals surface area (Å²) in [5.41, 5.74) is 0. The van der Waals surface area contributed by atoms with Gasteiger partial charge >= 0.3 is 0 Å². The topological polar surface area (TPSA) is 46.5 Å². The summed E-state index contributed by atoms with van der Waals surface area (Å²) in [6.07, 6.45) is 4.67. The Kier molecular flexibility index (Phi) is 1.99. The van der Waals surface area contributed by atoms with Crippen molar-refractivity contribution in [2.24, 2.45) is 11.8 Å². The van der Waals surface area contributed by atoms with Crippen molar-refractivity contribution in [1.82, 2.24) is 0 Å². The van der Waals surface area contributed by atoms with Crippen LogP contribution in [0.4, 0.5) is 0 Å². The average Bonchev–Trinajstić information content (AvgIpc) is 2.78. The highest BCUT2D eigenvalue weighted by atomic mass is 16.5. The molecular formula is C13H12O3. The van der Waals surface area contributed by atoms with Gasteiger partial charge in [-0.1, -0.05) is 12.2 Å². The molecule has 0 aromatic heterocycles. The summed E-state index contributed by atoms with van der Waals surface area (Å²) < 4.78 is 5.75. The van der Waals surface area contributed by atoms with E-state index < -0.39 is 0 Å². The Balaban J connectivity index is 1.75. The van der Waals surface area contributed by atoms with E-state index in [1.54, 1.807) is 24.3 Å². The lowest BCUT2D eigenvalue weighted by molar-refractivity contribution is -0.121. The largest absolute Gasteiger partial charge is 0.508 e. The predicted octanol–water partition coefficient (Wildman–Crippen LogP) is 1.91. The fraction of sp³-hybridized carbons (Fsp3) is 0.308. The van der Waals surface area contributed by atoms with Crippen LogP contribution in [-0.4, -0.2) is 17.0 Å². The van der Waals surface area contributed by atoms with Crippen molar-refractivity contribution in [2.45, 2.75) is 12.5 Å². The Morgan fingerprint density at radius 2 is 1.94 bits per heavy atom. The molecule has 2 bridgehead atoms. The van der Waals surface area contributed by atoms with Crippen LogP contribution in [0.5, 0.6) is 11.5 Å². The van der Waals surface area contributed by atoms with E-state index in [4.69, 9.17) is 9.84 Å². The van der Waals surface area contributed by atoms with Crippen molar-refractivity contribution in [3.8, 4) is 11.5 Å². The Morgan fingerprint density at radius 3 is 2.50 bits per heavy atom. The van der Waals surface area contributed by atoms with Gasteiger partial charge in [0, 0.05) is 5.92 Å². The Morgan fingerprint density at radius 1 is 1.19 bits per heavy atom. The SMILES string of the molecule is O=C1C2C=CC1C(Oc1ccc(O)cc1)C2. The van der Waals surface area contributed by atoms with Crippen molar-refractivity contribution < 1.29 is 14.6 Å². The van der Waals surface area contributed by atoms with E-state index >= 15 is 0 Å². The van der Waals surface area contributed by atoms with Gasteiger partial charge in [0.15, 0.2) is 0 Å². The quantitative estimate of drug-likeness (QED) is 0.768. The van der Waals surface area contributed by atoms with E-state index in [0.717, 1.165) is 6.42 Å². The summed E-state index contributed by atoms with van der Waals surface area (Å²) in [6, 6.07) is 6.60. The van der Waals surface area contributed by atoms with Gasteiger partial charge in [0.2, 0.25) is 0 Å². The molecule has 2 aliphatic rings. The molecule has 3 rings (SSSR count). The number of rotatable bonds is 2. The van der Waals surface area contributed by atoms with Crippen LogP contribution in [0.15, 0.2) is 36.4 Å². The average molecular weight is 216 g/mol. The first-order valence-corrected chi connectivity index (χ1v) is 5.42. The molecule has 1 N–H and O–H groups in total. The third-order valence-electron chi connectivity index (χ3n) is 3.26. The number of carbonyl (C=O) groups is 1. The maximum atomic E-state index is 11.6. The van der Waals surface area contributed by atoms with Crippen LogP contribution in [0.25, 0.3) is 0 Å². The molecule has 1 aromatic carbocycles. The molecular weight excluding hydrogens is 204 g/mol. The van der Waals surface area contributed by atoms with Gasteiger partial charge in [-0.05, 0) is 30.7 Å². The minimum atomic E-state index is -0.0706. The highest BCUT2D eigenvalue weighted by Crippen LogP contribution is 2.38. The second-order valence-electron chi connectivity index (χ2n) is 4.31. The minimum Gasteiger partial charge on any atom is -0.508 e. The minimum absolute atomic E-state index is 0.0351. The first-order chi connectivity index (χ1) is 7.74. The third kappa shape index (κ3) is 1.40. The number of fused-ring (bicyclic) bond motifs is 2. The molecule has 16 heavy (non-hydrogen) atoms. The maximum Gasteiger partial charge on any atom is 0.150 e. The van der Waals surface area contributed by atoms with Crippen molar-refractivity contribution in [2.75, 3.05) is 0 Å². The molecule has 3 heteroatoms. The number of hydrogen-bond acceptors (Lipinski definition) is 3. The fourth-order valence-corrected chi connectivity index (χ4v) is 2.41. The summed E-state index contributed by atoms with van der Waals surface area (Å²) in [6.45, 7) is 0. The van der Waals surface area contributed by atoms with E-state index in [1.807, 2.05) is 12.2 Å². The van der Waals surface area contributed by atoms with Crippen molar-refractivity contribution in [3.05, 3.63) is 36.4 Å². The number of aromatic hydroxyl groups is 1. The predicted molar refractivity (Wildman–Crippen MR) is 58.3 cm³/mol. The van der Waals surface area contributed by atoms with Gasteiger partial charge in [-0.3, -0.25) is 4.79 Å². The van der Waals surface area contributed by atoms with Crippen LogP contribution < -0.4 is 4.74 Å². The summed E-state index contributed by atoms with van der Waals surface area (Å²) in [5, 5.41) is 9.14. The van der Waals surface area contributed by atoms with Crippen LogP contribution in [0.1, 0.15) is 6.42 Å². The number of ether oxygens (including phenoxy) is 1. The second-order valence-corrected chi connectivity index (χ2v) is 4.31. The van der Waals surface area contributed by atoms with Crippen LogP contribution in [0, 0.1) is 11.8 Å². The van der Waals surface area contributed by atoms with Gasteiger partial charge in [0.1, 0.15) is 23.4 Å². The van der Waals surface area contributed by atoms with Crippen LogP contribution in [-0.2, 0) is 4.79 Å². The Labute approximate surface area is 93.4 Å². The van der Waals surface area contributed by atoms with Crippen LogP contribution in [0.3, 0.4) is 0 Å². The summed E-state index contributed by atoms with van der Waals surface area (Å²) in [7, 11) is 0. The van der Waals surface area contributed by atoms with Crippen LogP contribution >= 0.6 is 0 Å². The van der Waals surface area contributed by atoms with Gasteiger partial charge in [0.25, 0.3) is 0 Å². The lowest BCUT2D eigenvalue weighted by atomic mass is 10.0. The monoisotopic (exact) mass is 216 g/mol. The number of allylic oxidation sites excluding steroid dienone is 1. The standard InChI is InChI=1S/C13H12O3/c14-9-2-4-10(5-3-9)16-12-7-8-1-6-11(12)13(8)15/h1-6,8,11-12,14H,7H2. The summed E-state index contributed by atoms with van der Waals surface area (Å²) in [5.74, 6) is 1.20. The number of Topliss-reactive ketones (excluding diaryl/α,β-unsaturated/α-hetero) is 1. The molecule has 0 amide bonds. The first-order valence-electron chi connectivity index (χ1n) is 5.42. The highest BCUT2D eigenvalue weighted by Gasteiger charge is 2.44. The molecule has 0 spiro atoms. The van der Waals surface area contributed by atoms with Gasteiger partial charge in [0.05, 0.1) is 5.92 Å². The normalized spacial score (nSPS) is 31.0. The fourth-order valence-electron chi connectivity index (χ4n) is 2.41. The summed E-state index contributed by atoms with van der Waals surface area (Å²) in [4.78, 5) is 11.6. The number of benzene rings is 1. The van der Waals surface area contributed by atoms with E-state index in [1.165, 1.54) is 0 Å². The smallest absolute Gasteiger partial charge is 0.150 e. The van der Waals surface area contributed by atoms with E-state index in [0.29, 0.717) is 5.75 Å². The van der Waals surface area contributed by atoms with E-state index in [9.17, 15) is 4.79 Å². The molecule has 3 unspecified atom stereocenters. The number of ketones is 1. The Bertz CT molecular complexity index is 447. The van der Waals surface area contributed by atoms with Gasteiger partial charge in [-0.25, -0.2) is 0 Å². The molecule has 0 saturated heterocycles. The zero-order valence-corrected chi connectivity index (χ0v) is 8.67. The molecule has 82 valence electrons. The number of phenols is 1. The van der Waals surface area contributed by atoms with E-state index in [2.05, 4.69) is 0 Å². The molecule has 0 aliphatic heterocycles. The van der Waals surface area contributed by atoms with Crippen molar-refractivity contribution >= 4 is 5.78 Å². The molecule has 3 atom stereocenters. The molecule has 0 heterocycles.